The lowest BCUT2D eigenvalue weighted by Gasteiger charge is -2.04. The molecule has 2 heterocycles. The zero-order valence-corrected chi connectivity index (χ0v) is 8.80. The highest BCUT2D eigenvalue weighted by atomic mass is 16.3. The van der Waals surface area contributed by atoms with Crippen molar-refractivity contribution in [2.75, 3.05) is 25.0 Å². The summed E-state index contributed by atoms with van der Waals surface area (Å²) < 4.78 is 1.64. The van der Waals surface area contributed by atoms with E-state index >= 15 is 0 Å². The second-order valence-electron chi connectivity index (χ2n) is 3.27. The van der Waals surface area contributed by atoms with Gasteiger partial charge in [0.2, 0.25) is 0 Å². The van der Waals surface area contributed by atoms with Crippen LogP contribution < -0.4 is 11.1 Å². The number of nitrogens with two attached hydrogens (primary N) is 1. The van der Waals surface area contributed by atoms with Gasteiger partial charge in [0.25, 0.3) is 0 Å². The number of aliphatic hydroxyl groups excluding tert-OH is 1. The fourth-order valence-corrected chi connectivity index (χ4v) is 1.48. The van der Waals surface area contributed by atoms with Crippen molar-refractivity contribution < 1.29 is 5.11 Å². The van der Waals surface area contributed by atoms with Crippen LogP contribution in [0.2, 0.25) is 0 Å². The van der Waals surface area contributed by atoms with Gasteiger partial charge in [-0.15, -0.1) is 0 Å². The molecule has 0 bridgehead atoms. The van der Waals surface area contributed by atoms with Gasteiger partial charge in [-0.1, -0.05) is 0 Å². The molecule has 7 nitrogen and oxygen atoms in total. The van der Waals surface area contributed by atoms with E-state index in [1.165, 1.54) is 6.33 Å². The van der Waals surface area contributed by atoms with Crippen LogP contribution in [0.25, 0.3) is 11.0 Å². The maximum Gasteiger partial charge on any atom is 0.163 e. The summed E-state index contributed by atoms with van der Waals surface area (Å²) >= 11 is 0. The lowest BCUT2D eigenvalue weighted by atomic mass is 10.4. The Kier molecular flexibility index (Phi) is 3.28. The Balaban J connectivity index is 2.36. The van der Waals surface area contributed by atoms with E-state index in [9.17, 15) is 0 Å². The average Bonchev–Trinajstić information content (AvgIpc) is 2.71. The molecule has 0 fully saturated rings. The van der Waals surface area contributed by atoms with Crippen LogP contribution in [-0.2, 0) is 6.54 Å². The van der Waals surface area contributed by atoms with E-state index in [2.05, 4.69) is 20.4 Å². The number of hydrogen-bond donors (Lipinski definition) is 3. The van der Waals surface area contributed by atoms with E-state index in [-0.39, 0.29) is 6.61 Å². The normalized spacial score (nSPS) is 10.9. The van der Waals surface area contributed by atoms with Crippen molar-refractivity contribution in [1.82, 2.24) is 19.7 Å². The highest BCUT2D eigenvalue weighted by molar-refractivity contribution is 5.85. The van der Waals surface area contributed by atoms with E-state index < -0.39 is 0 Å². The summed E-state index contributed by atoms with van der Waals surface area (Å²) in [6.45, 7) is 1.65. The molecule has 2 rings (SSSR count). The van der Waals surface area contributed by atoms with Gasteiger partial charge in [0.15, 0.2) is 5.65 Å². The predicted octanol–water partition coefficient (Wildman–Crippen LogP) is -0.811. The lowest BCUT2D eigenvalue weighted by molar-refractivity contribution is 0.271. The van der Waals surface area contributed by atoms with Crippen LogP contribution in [0.15, 0.2) is 12.5 Å². The first-order valence-corrected chi connectivity index (χ1v) is 5.08. The largest absolute Gasteiger partial charge is 0.394 e. The van der Waals surface area contributed by atoms with Crippen LogP contribution in [0, 0.1) is 0 Å². The van der Waals surface area contributed by atoms with Crippen molar-refractivity contribution in [1.29, 1.82) is 0 Å². The monoisotopic (exact) mass is 222 g/mol. The summed E-state index contributed by atoms with van der Waals surface area (Å²) in [6.07, 6.45) is 3.15. The molecule has 0 saturated heterocycles. The second kappa shape index (κ2) is 4.86. The number of aliphatic hydroxyl groups is 1. The molecule has 0 saturated carbocycles. The van der Waals surface area contributed by atoms with Gasteiger partial charge >= 0.3 is 0 Å². The van der Waals surface area contributed by atoms with Crippen LogP contribution in [0.5, 0.6) is 0 Å². The molecule has 0 aliphatic rings. The smallest absolute Gasteiger partial charge is 0.163 e. The quantitative estimate of drug-likeness (QED) is 0.611. The number of hydrogen-bond acceptors (Lipinski definition) is 6. The average molecular weight is 222 g/mol. The number of rotatable bonds is 5. The molecule has 0 atom stereocenters. The molecule has 0 aliphatic heterocycles. The van der Waals surface area contributed by atoms with Crippen molar-refractivity contribution in [3.05, 3.63) is 12.5 Å². The first kappa shape index (κ1) is 10.8. The summed E-state index contributed by atoms with van der Waals surface area (Å²) in [4.78, 5) is 8.26. The number of anilines is 1. The van der Waals surface area contributed by atoms with E-state index in [1.807, 2.05) is 0 Å². The molecule has 2 aromatic heterocycles. The zero-order chi connectivity index (χ0) is 11.4. The molecule has 16 heavy (non-hydrogen) atoms. The standard InChI is InChI=1S/C9H14N6O/c10-1-2-11-8-7-5-14-15(3-4-16)9(7)13-6-12-8/h5-6,16H,1-4,10H2,(H,11,12,13). The Bertz CT molecular complexity index is 468. The topological polar surface area (TPSA) is 102 Å². The minimum Gasteiger partial charge on any atom is -0.394 e. The highest BCUT2D eigenvalue weighted by Gasteiger charge is 2.08. The number of fused-ring (bicyclic) bond motifs is 1. The van der Waals surface area contributed by atoms with Gasteiger partial charge in [-0.05, 0) is 0 Å². The Labute approximate surface area is 92.3 Å². The summed E-state index contributed by atoms with van der Waals surface area (Å²) in [5.41, 5.74) is 6.13. The minimum absolute atomic E-state index is 0.0341. The van der Waals surface area contributed by atoms with E-state index in [4.69, 9.17) is 10.8 Å². The third-order valence-electron chi connectivity index (χ3n) is 2.18. The Morgan fingerprint density at radius 2 is 2.31 bits per heavy atom. The van der Waals surface area contributed by atoms with E-state index in [0.29, 0.717) is 25.3 Å². The van der Waals surface area contributed by atoms with Crippen LogP contribution >= 0.6 is 0 Å². The summed E-state index contributed by atoms with van der Waals surface area (Å²) in [7, 11) is 0. The van der Waals surface area contributed by atoms with Crippen molar-refractivity contribution >= 4 is 16.9 Å². The first-order valence-electron chi connectivity index (χ1n) is 5.08. The molecule has 86 valence electrons. The van der Waals surface area contributed by atoms with Gasteiger partial charge in [0.05, 0.1) is 24.7 Å². The molecule has 0 amide bonds. The third-order valence-corrected chi connectivity index (χ3v) is 2.18. The summed E-state index contributed by atoms with van der Waals surface area (Å²) in [5, 5.41) is 16.9. The molecule has 7 heteroatoms. The van der Waals surface area contributed by atoms with Crippen molar-refractivity contribution in [2.24, 2.45) is 5.73 Å². The highest BCUT2D eigenvalue weighted by Crippen LogP contribution is 2.17. The molecule has 0 spiro atoms. The fourth-order valence-electron chi connectivity index (χ4n) is 1.48. The van der Waals surface area contributed by atoms with Crippen LogP contribution in [0.1, 0.15) is 0 Å². The zero-order valence-electron chi connectivity index (χ0n) is 8.80. The Hall–Kier alpha value is -1.73. The molecule has 0 radical (unpaired) electrons. The molecule has 4 N–H and O–H groups in total. The minimum atomic E-state index is 0.0341. The van der Waals surface area contributed by atoms with Gasteiger partial charge in [-0.25, -0.2) is 14.6 Å². The molecule has 0 unspecified atom stereocenters. The second-order valence-corrected chi connectivity index (χ2v) is 3.27. The van der Waals surface area contributed by atoms with Crippen molar-refractivity contribution in [2.45, 2.75) is 6.54 Å². The third kappa shape index (κ3) is 1.95. The van der Waals surface area contributed by atoms with Gasteiger partial charge in [-0.3, -0.25) is 0 Å². The van der Waals surface area contributed by atoms with E-state index in [1.54, 1.807) is 10.9 Å². The molecular formula is C9H14N6O. The number of nitrogens with zero attached hydrogens (tertiary/aromatic N) is 4. The van der Waals surface area contributed by atoms with Gasteiger partial charge in [0.1, 0.15) is 12.1 Å². The fraction of sp³-hybridized carbons (Fsp3) is 0.444. The Morgan fingerprint density at radius 1 is 1.44 bits per heavy atom. The molecule has 0 aromatic carbocycles. The maximum atomic E-state index is 8.87. The van der Waals surface area contributed by atoms with Crippen LogP contribution in [-0.4, -0.2) is 44.6 Å². The molecule has 0 aliphatic carbocycles. The van der Waals surface area contributed by atoms with Crippen molar-refractivity contribution in [3.8, 4) is 0 Å². The summed E-state index contributed by atoms with van der Waals surface area (Å²) in [5.74, 6) is 0.722. The molecular weight excluding hydrogens is 208 g/mol. The maximum absolute atomic E-state index is 8.87. The first-order chi connectivity index (χ1) is 7.86. The lowest BCUT2D eigenvalue weighted by Crippen LogP contribution is -2.14. The SMILES string of the molecule is NCCNc1ncnc2c1cnn2CCO. The summed E-state index contributed by atoms with van der Waals surface area (Å²) in [6, 6.07) is 0. The number of nitrogens with one attached hydrogen (secondary N) is 1. The van der Waals surface area contributed by atoms with E-state index in [0.717, 1.165) is 11.2 Å². The van der Waals surface area contributed by atoms with Gasteiger partial charge < -0.3 is 16.2 Å². The van der Waals surface area contributed by atoms with Crippen molar-refractivity contribution in [3.63, 3.8) is 0 Å². The van der Waals surface area contributed by atoms with Crippen LogP contribution in [0.4, 0.5) is 5.82 Å². The predicted molar refractivity (Wildman–Crippen MR) is 60.0 cm³/mol. The van der Waals surface area contributed by atoms with Gasteiger partial charge in [0, 0.05) is 13.1 Å². The molecule has 2 aromatic rings. The number of aromatic nitrogens is 4. The van der Waals surface area contributed by atoms with Crippen LogP contribution in [0.3, 0.4) is 0 Å². The van der Waals surface area contributed by atoms with Gasteiger partial charge in [-0.2, -0.15) is 5.10 Å². The Morgan fingerprint density at radius 3 is 3.06 bits per heavy atom.